The number of rotatable bonds is 4. The summed E-state index contributed by atoms with van der Waals surface area (Å²) in [5.41, 5.74) is 1.56. The highest BCUT2D eigenvalue weighted by Crippen LogP contribution is 2.19. The Morgan fingerprint density at radius 3 is 2.44 bits per heavy atom. The zero-order valence-corrected chi connectivity index (χ0v) is 15.2. The summed E-state index contributed by atoms with van der Waals surface area (Å²) >= 11 is 4.52. The number of para-hydroxylation sites is 1. The summed E-state index contributed by atoms with van der Waals surface area (Å²) in [6, 6.07) is 15.9. The van der Waals surface area contributed by atoms with E-state index in [0.29, 0.717) is 16.5 Å². The number of thiazole rings is 1. The molecule has 3 amide bonds. The lowest BCUT2D eigenvalue weighted by atomic mass is 10.3. The lowest BCUT2D eigenvalue weighted by Crippen LogP contribution is -2.19. The molecular formula is C17H13BrN4O2S. The number of anilines is 3. The summed E-state index contributed by atoms with van der Waals surface area (Å²) in [7, 11) is 0. The Labute approximate surface area is 156 Å². The van der Waals surface area contributed by atoms with Crippen molar-refractivity contribution in [3.8, 4) is 0 Å². The number of halogens is 1. The number of aromatic nitrogens is 1. The molecule has 0 aliphatic rings. The van der Waals surface area contributed by atoms with Gasteiger partial charge in [-0.05, 0) is 30.3 Å². The van der Waals surface area contributed by atoms with Gasteiger partial charge in [-0.2, -0.15) is 0 Å². The zero-order valence-electron chi connectivity index (χ0n) is 12.8. The van der Waals surface area contributed by atoms with Crippen LogP contribution in [0.4, 0.5) is 21.3 Å². The molecule has 0 radical (unpaired) electrons. The lowest BCUT2D eigenvalue weighted by molar-refractivity contribution is 0.102. The Morgan fingerprint density at radius 1 is 0.920 bits per heavy atom. The van der Waals surface area contributed by atoms with Gasteiger partial charge in [0.2, 0.25) is 0 Å². The largest absolute Gasteiger partial charge is 0.325 e. The van der Waals surface area contributed by atoms with Gasteiger partial charge in [0.05, 0.1) is 0 Å². The Balaban J connectivity index is 1.60. The highest BCUT2D eigenvalue weighted by atomic mass is 79.9. The van der Waals surface area contributed by atoms with Gasteiger partial charge in [0.1, 0.15) is 5.69 Å². The minimum Gasteiger partial charge on any atom is -0.321 e. The van der Waals surface area contributed by atoms with Gasteiger partial charge in [-0.1, -0.05) is 40.2 Å². The molecule has 0 aliphatic heterocycles. The van der Waals surface area contributed by atoms with Crippen molar-refractivity contribution in [2.24, 2.45) is 0 Å². The molecule has 0 saturated carbocycles. The fraction of sp³-hybridized carbons (Fsp3) is 0. The predicted molar refractivity (Wildman–Crippen MR) is 103 cm³/mol. The van der Waals surface area contributed by atoms with Gasteiger partial charge >= 0.3 is 6.03 Å². The molecule has 6 nitrogen and oxygen atoms in total. The SMILES string of the molecule is O=C(Nc1ccccc1)Nc1nc(C(=O)Nc2cccc(Br)c2)cs1. The highest BCUT2D eigenvalue weighted by molar-refractivity contribution is 9.10. The van der Waals surface area contributed by atoms with Crippen molar-refractivity contribution in [2.45, 2.75) is 0 Å². The maximum absolute atomic E-state index is 12.2. The Kier molecular flexibility index (Phi) is 5.42. The van der Waals surface area contributed by atoms with Crippen LogP contribution in [0.3, 0.4) is 0 Å². The molecule has 1 aromatic heterocycles. The van der Waals surface area contributed by atoms with E-state index < -0.39 is 6.03 Å². The van der Waals surface area contributed by atoms with E-state index >= 15 is 0 Å². The summed E-state index contributed by atoms with van der Waals surface area (Å²) in [6.07, 6.45) is 0. The second-order valence-corrected chi connectivity index (χ2v) is 6.72. The van der Waals surface area contributed by atoms with Gasteiger partial charge in [0, 0.05) is 21.2 Å². The Bertz CT molecular complexity index is 898. The van der Waals surface area contributed by atoms with Gasteiger partial charge in [-0.3, -0.25) is 10.1 Å². The Hall–Kier alpha value is -2.71. The van der Waals surface area contributed by atoms with E-state index in [9.17, 15) is 9.59 Å². The molecule has 3 N–H and O–H groups in total. The summed E-state index contributed by atoms with van der Waals surface area (Å²) < 4.78 is 0.864. The molecule has 3 rings (SSSR count). The minimum absolute atomic E-state index is 0.236. The monoisotopic (exact) mass is 416 g/mol. The summed E-state index contributed by atoms with van der Waals surface area (Å²) in [6.45, 7) is 0. The van der Waals surface area contributed by atoms with E-state index in [1.165, 1.54) is 11.3 Å². The van der Waals surface area contributed by atoms with E-state index in [2.05, 4.69) is 36.9 Å². The van der Waals surface area contributed by atoms with Crippen molar-refractivity contribution in [3.63, 3.8) is 0 Å². The molecule has 0 saturated heterocycles. The molecule has 0 bridgehead atoms. The van der Waals surface area contributed by atoms with Crippen molar-refractivity contribution < 1.29 is 9.59 Å². The number of hydrogen-bond acceptors (Lipinski definition) is 4. The van der Waals surface area contributed by atoms with Crippen LogP contribution < -0.4 is 16.0 Å². The number of nitrogens with zero attached hydrogens (tertiary/aromatic N) is 1. The third-order valence-electron chi connectivity index (χ3n) is 3.07. The summed E-state index contributed by atoms with van der Waals surface area (Å²) in [4.78, 5) is 28.3. The Morgan fingerprint density at radius 2 is 1.68 bits per heavy atom. The van der Waals surface area contributed by atoms with Crippen LogP contribution in [0.15, 0.2) is 64.5 Å². The molecule has 1 heterocycles. The number of urea groups is 1. The number of carbonyl (C=O) groups excluding carboxylic acids is 2. The standard InChI is InChI=1S/C17H13BrN4O2S/c18-11-5-4-8-13(9-11)19-15(23)14-10-25-17(21-14)22-16(24)20-12-6-2-1-3-7-12/h1-10H,(H,19,23)(H2,20,21,22,24). The van der Waals surface area contributed by atoms with Crippen LogP contribution in [0.2, 0.25) is 0 Å². The maximum Gasteiger partial charge on any atom is 0.325 e. The predicted octanol–water partition coefficient (Wildman–Crippen LogP) is 4.80. The normalized spacial score (nSPS) is 10.1. The van der Waals surface area contributed by atoms with Crippen molar-refractivity contribution in [2.75, 3.05) is 16.0 Å². The van der Waals surface area contributed by atoms with E-state index in [1.54, 1.807) is 29.6 Å². The molecule has 126 valence electrons. The van der Waals surface area contributed by atoms with Crippen LogP contribution >= 0.6 is 27.3 Å². The van der Waals surface area contributed by atoms with Crippen LogP contribution in [0.5, 0.6) is 0 Å². The van der Waals surface area contributed by atoms with E-state index in [1.807, 2.05) is 30.3 Å². The van der Waals surface area contributed by atoms with Crippen LogP contribution in [-0.2, 0) is 0 Å². The first-order chi connectivity index (χ1) is 12.1. The molecular weight excluding hydrogens is 404 g/mol. The van der Waals surface area contributed by atoms with Gasteiger partial charge < -0.3 is 10.6 Å². The first-order valence-corrected chi connectivity index (χ1v) is 8.93. The third kappa shape index (κ3) is 4.88. The van der Waals surface area contributed by atoms with Gasteiger partial charge in [-0.25, -0.2) is 9.78 Å². The minimum atomic E-state index is -0.417. The van der Waals surface area contributed by atoms with E-state index in [4.69, 9.17) is 0 Å². The average Bonchev–Trinajstić information content (AvgIpc) is 3.04. The van der Waals surface area contributed by atoms with Gasteiger partial charge in [0.25, 0.3) is 5.91 Å². The third-order valence-corrected chi connectivity index (χ3v) is 4.32. The molecule has 0 atom stereocenters. The molecule has 0 spiro atoms. The second kappa shape index (κ2) is 7.91. The number of nitrogens with one attached hydrogen (secondary N) is 3. The van der Waals surface area contributed by atoms with Crippen molar-refractivity contribution in [3.05, 3.63) is 70.1 Å². The number of carbonyl (C=O) groups is 2. The first-order valence-electron chi connectivity index (χ1n) is 7.25. The number of hydrogen-bond donors (Lipinski definition) is 3. The number of amides is 3. The fourth-order valence-electron chi connectivity index (χ4n) is 1.98. The van der Waals surface area contributed by atoms with Gasteiger partial charge in [-0.15, -0.1) is 11.3 Å². The average molecular weight is 417 g/mol. The lowest BCUT2D eigenvalue weighted by Gasteiger charge is -2.05. The second-order valence-electron chi connectivity index (χ2n) is 4.95. The van der Waals surface area contributed by atoms with Crippen molar-refractivity contribution in [1.82, 2.24) is 4.98 Å². The van der Waals surface area contributed by atoms with E-state index in [-0.39, 0.29) is 11.6 Å². The zero-order chi connectivity index (χ0) is 17.6. The smallest absolute Gasteiger partial charge is 0.321 e. The quantitative estimate of drug-likeness (QED) is 0.570. The number of benzene rings is 2. The molecule has 3 aromatic rings. The van der Waals surface area contributed by atoms with Crippen LogP contribution in [0.25, 0.3) is 0 Å². The summed E-state index contributed by atoms with van der Waals surface area (Å²) in [5.74, 6) is -0.342. The topological polar surface area (TPSA) is 83.1 Å². The van der Waals surface area contributed by atoms with Crippen molar-refractivity contribution in [1.29, 1.82) is 0 Å². The molecule has 8 heteroatoms. The molecule has 25 heavy (non-hydrogen) atoms. The first kappa shape index (κ1) is 17.1. The van der Waals surface area contributed by atoms with Crippen molar-refractivity contribution >= 4 is 55.7 Å². The fourth-order valence-corrected chi connectivity index (χ4v) is 3.06. The maximum atomic E-state index is 12.2. The highest BCUT2D eigenvalue weighted by Gasteiger charge is 2.13. The molecule has 2 aromatic carbocycles. The molecule has 0 fully saturated rings. The molecule has 0 aliphatic carbocycles. The van der Waals surface area contributed by atoms with Gasteiger partial charge in [0.15, 0.2) is 5.13 Å². The van der Waals surface area contributed by atoms with Crippen LogP contribution in [0.1, 0.15) is 10.5 Å². The van der Waals surface area contributed by atoms with Crippen LogP contribution in [-0.4, -0.2) is 16.9 Å². The molecule has 0 unspecified atom stereocenters. The van der Waals surface area contributed by atoms with Crippen LogP contribution in [0, 0.1) is 0 Å². The summed E-state index contributed by atoms with van der Waals surface area (Å²) in [5, 5.41) is 9.98. The van der Waals surface area contributed by atoms with E-state index in [0.717, 1.165) is 4.47 Å².